The van der Waals surface area contributed by atoms with Gasteiger partial charge in [0.15, 0.2) is 0 Å². The van der Waals surface area contributed by atoms with E-state index in [0.717, 1.165) is 35.4 Å². The van der Waals surface area contributed by atoms with E-state index in [4.69, 9.17) is 14.5 Å². The van der Waals surface area contributed by atoms with E-state index in [0.29, 0.717) is 36.4 Å². The highest BCUT2D eigenvalue weighted by Crippen LogP contribution is 2.60. The van der Waals surface area contributed by atoms with Crippen LogP contribution in [0.1, 0.15) is 125 Å². The van der Waals surface area contributed by atoms with Crippen LogP contribution in [0.3, 0.4) is 0 Å². The van der Waals surface area contributed by atoms with Gasteiger partial charge >= 0.3 is 5.97 Å². The highest BCUT2D eigenvalue weighted by Gasteiger charge is 2.55. The molecule has 1 aromatic heterocycles. The molecule has 0 aromatic carbocycles. The van der Waals surface area contributed by atoms with Crippen molar-refractivity contribution in [3.8, 4) is 0 Å². The minimum absolute atomic E-state index is 0.149. The van der Waals surface area contributed by atoms with Gasteiger partial charge in [-0.2, -0.15) is 11.8 Å². The van der Waals surface area contributed by atoms with E-state index in [-0.39, 0.29) is 17.3 Å². The third kappa shape index (κ3) is 5.28. The molecule has 1 aromatic rings. The van der Waals surface area contributed by atoms with Crippen LogP contribution in [0.25, 0.3) is 0 Å². The average Bonchev–Trinajstić information content (AvgIpc) is 3.45. The quantitative estimate of drug-likeness (QED) is 0.478. The molecule has 0 amide bonds. The molecule has 2 fully saturated rings. The summed E-state index contributed by atoms with van der Waals surface area (Å²) in [5, 5.41) is 11.0. The van der Waals surface area contributed by atoms with E-state index in [9.17, 15) is 9.90 Å². The Morgan fingerprint density at radius 2 is 1.70 bits per heavy atom. The number of aliphatic hydroxyl groups is 1. The number of ether oxygens (including phenoxy) is 2. The number of aromatic nitrogens is 1. The number of aliphatic hydroxyl groups excluding tert-OH is 1. The molecule has 1 saturated carbocycles. The van der Waals surface area contributed by atoms with Crippen molar-refractivity contribution in [1.82, 2.24) is 4.98 Å². The average molecular weight is 478 g/mol. The lowest BCUT2D eigenvalue weighted by atomic mass is 9.73. The number of carbonyl (C=O) groups is 1. The van der Waals surface area contributed by atoms with Gasteiger partial charge in [-0.15, -0.1) is 0 Å². The summed E-state index contributed by atoms with van der Waals surface area (Å²) in [5.41, 5.74) is 3.92. The van der Waals surface area contributed by atoms with Crippen LogP contribution in [0.15, 0.2) is 0 Å². The Bertz CT molecular complexity index is 864. The van der Waals surface area contributed by atoms with Gasteiger partial charge in [-0.25, -0.2) is 4.79 Å². The molecule has 33 heavy (non-hydrogen) atoms. The number of pyridine rings is 1. The fraction of sp³-hybridized carbons (Fsp3) is 0.778. The van der Waals surface area contributed by atoms with Crippen LogP contribution in [-0.2, 0) is 21.5 Å². The maximum absolute atomic E-state index is 12.8. The van der Waals surface area contributed by atoms with Gasteiger partial charge in [0.2, 0.25) is 0 Å². The fourth-order valence-electron chi connectivity index (χ4n) is 5.09. The predicted octanol–water partition coefficient (Wildman–Crippen LogP) is 6.32. The molecule has 4 aliphatic rings. The molecule has 1 saturated heterocycles. The zero-order valence-electron chi connectivity index (χ0n) is 21.8. The van der Waals surface area contributed by atoms with Crippen molar-refractivity contribution in [3.05, 3.63) is 28.1 Å². The third-order valence-electron chi connectivity index (χ3n) is 7.21. The van der Waals surface area contributed by atoms with Crippen LogP contribution >= 0.6 is 11.8 Å². The summed E-state index contributed by atoms with van der Waals surface area (Å²) < 4.78 is 12.0. The summed E-state index contributed by atoms with van der Waals surface area (Å²) in [6.45, 7) is 15.9. The molecule has 5 rings (SSSR count). The Labute approximate surface area is 204 Å². The first-order chi connectivity index (χ1) is 15.5. The van der Waals surface area contributed by atoms with E-state index in [1.807, 2.05) is 25.6 Å². The number of hydrogen-bond acceptors (Lipinski definition) is 6. The molecule has 186 valence electrons. The Balaban J connectivity index is 0.000000336. The van der Waals surface area contributed by atoms with Crippen molar-refractivity contribution in [2.24, 2.45) is 5.41 Å². The molecule has 0 radical (unpaired) electrons. The summed E-state index contributed by atoms with van der Waals surface area (Å²) >= 11 is 1.88. The van der Waals surface area contributed by atoms with Gasteiger partial charge in [-0.1, -0.05) is 48.5 Å². The first kappa shape index (κ1) is 26.5. The van der Waals surface area contributed by atoms with Crippen LogP contribution < -0.4 is 0 Å². The van der Waals surface area contributed by atoms with E-state index in [1.54, 1.807) is 0 Å². The Hall–Kier alpha value is -1.11. The molecule has 6 heteroatoms. The smallest absolute Gasteiger partial charge is 0.341 e. The van der Waals surface area contributed by atoms with Crippen molar-refractivity contribution < 1.29 is 19.4 Å². The summed E-state index contributed by atoms with van der Waals surface area (Å²) in [4.78, 5) is 17.7. The first-order valence-corrected chi connectivity index (χ1v) is 13.8. The highest BCUT2D eigenvalue weighted by molar-refractivity contribution is 7.99. The zero-order chi connectivity index (χ0) is 24.6. The fourth-order valence-corrected chi connectivity index (χ4v) is 5.09. The molecule has 5 nitrogen and oxygen atoms in total. The number of carbonyl (C=O) groups excluding carboxylic acids is 1. The number of fused-ring (bicyclic) bond motifs is 4. The second kappa shape index (κ2) is 9.87. The SMILES string of the molecule is CC.CC(C)c1nc2c(c3c1C(=O)OC31CCOCC1)[C@@H](O)CC1(CC1)C2.CSC(C)(C)C. The van der Waals surface area contributed by atoms with Crippen LogP contribution in [0, 0.1) is 5.41 Å². The maximum Gasteiger partial charge on any atom is 0.341 e. The Morgan fingerprint density at radius 3 is 2.18 bits per heavy atom. The zero-order valence-corrected chi connectivity index (χ0v) is 22.7. The van der Waals surface area contributed by atoms with E-state index in [2.05, 4.69) is 40.9 Å². The Kier molecular flexibility index (Phi) is 7.92. The molecule has 0 unspecified atom stereocenters. The molecule has 1 atom stereocenters. The van der Waals surface area contributed by atoms with Crippen LogP contribution in [0.4, 0.5) is 0 Å². The molecule has 0 bridgehead atoms. The highest BCUT2D eigenvalue weighted by atomic mass is 32.2. The summed E-state index contributed by atoms with van der Waals surface area (Å²) in [6, 6.07) is 0. The summed E-state index contributed by atoms with van der Waals surface area (Å²) in [7, 11) is 0. The topological polar surface area (TPSA) is 68.7 Å². The summed E-state index contributed by atoms with van der Waals surface area (Å²) in [6.07, 6.45) is 6.97. The van der Waals surface area contributed by atoms with Gasteiger partial charge in [0.05, 0.1) is 30.6 Å². The van der Waals surface area contributed by atoms with Crippen molar-refractivity contribution >= 4 is 17.7 Å². The monoisotopic (exact) mass is 477 g/mol. The first-order valence-electron chi connectivity index (χ1n) is 12.6. The molecule has 3 heterocycles. The number of thioether (sulfide) groups is 1. The molecule has 2 aliphatic heterocycles. The van der Waals surface area contributed by atoms with Crippen molar-refractivity contribution in [2.75, 3.05) is 19.5 Å². The third-order valence-corrected chi connectivity index (χ3v) is 8.43. The standard InChI is InChI=1S/C20H25NO4.C5H12S.C2H6/c1-11(2)17-15-16(20(25-18(15)23)5-7-24-8-6-20)14-12(21-17)9-19(3-4-19)10-13(14)22;1-5(2,3)6-4;1-2/h11,13,22H,3-10H2,1-2H3;1-4H3;1-2H3/t13-;;/m0../s1. The lowest BCUT2D eigenvalue weighted by Crippen LogP contribution is -2.36. The molecule has 2 spiro atoms. The molecule has 2 aliphatic carbocycles. The van der Waals surface area contributed by atoms with Gasteiger partial charge in [0, 0.05) is 34.4 Å². The van der Waals surface area contributed by atoms with Gasteiger partial charge in [0.1, 0.15) is 5.60 Å². The maximum atomic E-state index is 12.8. The van der Waals surface area contributed by atoms with E-state index in [1.165, 1.54) is 12.8 Å². The van der Waals surface area contributed by atoms with E-state index >= 15 is 0 Å². The number of esters is 1. The van der Waals surface area contributed by atoms with E-state index < -0.39 is 11.7 Å². The second-order valence-electron chi connectivity index (χ2n) is 11.0. The number of hydrogen-bond donors (Lipinski definition) is 1. The van der Waals surface area contributed by atoms with Crippen LogP contribution in [0.2, 0.25) is 0 Å². The summed E-state index contributed by atoms with van der Waals surface area (Å²) in [5.74, 6) is -0.120. The van der Waals surface area contributed by atoms with Crippen LogP contribution in [-0.4, -0.2) is 40.3 Å². The molecular formula is C27H43NO4S. The largest absolute Gasteiger partial charge is 0.450 e. The second-order valence-corrected chi connectivity index (χ2v) is 12.6. The normalized spacial score (nSPS) is 23.7. The van der Waals surface area contributed by atoms with Crippen LogP contribution in [0.5, 0.6) is 0 Å². The van der Waals surface area contributed by atoms with Gasteiger partial charge in [-0.05, 0) is 43.3 Å². The minimum atomic E-state index is -0.629. The molecular weight excluding hydrogens is 434 g/mol. The van der Waals surface area contributed by atoms with Gasteiger partial charge in [-0.3, -0.25) is 4.98 Å². The lowest BCUT2D eigenvalue weighted by molar-refractivity contribution is -0.0748. The number of nitrogens with zero attached hydrogens (tertiary/aromatic N) is 1. The van der Waals surface area contributed by atoms with Gasteiger partial charge < -0.3 is 14.6 Å². The van der Waals surface area contributed by atoms with Crippen molar-refractivity contribution in [3.63, 3.8) is 0 Å². The van der Waals surface area contributed by atoms with Gasteiger partial charge in [0.25, 0.3) is 0 Å². The molecule has 1 N–H and O–H groups in total. The number of rotatable bonds is 1. The predicted molar refractivity (Wildman–Crippen MR) is 135 cm³/mol. The minimum Gasteiger partial charge on any atom is -0.450 e. The lowest BCUT2D eigenvalue weighted by Gasteiger charge is -2.37. The van der Waals surface area contributed by atoms with Crippen molar-refractivity contribution in [2.45, 2.75) is 109 Å². The Morgan fingerprint density at radius 1 is 1.12 bits per heavy atom. The van der Waals surface area contributed by atoms with Crippen molar-refractivity contribution in [1.29, 1.82) is 0 Å².